The lowest BCUT2D eigenvalue weighted by molar-refractivity contribution is 0.0227. The van der Waals surface area contributed by atoms with Crippen LogP contribution in [-0.2, 0) is 0 Å². The van der Waals surface area contributed by atoms with Crippen molar-refractivity contribution >= 4 is 22.5 Å². The first-order valence-electron chi connectivity index (χ1n) is 10.9. The zero-order chi connectivity index (χ0) is 23.8. The van der Waals surface area contributed by atoms with Crippen molar-refractivity contribution in [1.29, 1.82) is 5.26 Å². The maximum Gasteiger partial charge on any atom is 0.323 e. The van der Waals surface area contributed by atoms with Crippen LogP contribution in [0.2, 0.25) is 0 Å². The van der Waals surface area contributed by atoms with Gasteiger partial charge in [0, 0.05) is 36.0 Å². The summed E-state index contributed by atoms with van der Waals surface area (Å²) in [6.45, 7) is 8.57. The van der Waals surface area contributed by atoms with Crippen LogP contribution in [0.3, 0.4) is 0 Å². The number of aromatic nitrogens is 2. The molecule has 1 unspecified atom stereocenters. The quantitative estimate of drug-likeness (QED) is 0.570. The number of carbonyl (C=O) groups excluding carboxylic acids is 1. The number of pyridine rings is 1. The number of anilines is 1. The Morgan fingerprint density at radius 1 is 1.21 bits per heavy atom. The van der Waals surface area contributed by atoms with Crippen molar-refractivity contribution in [2.75, 3.05) is 18.4 Å². The average molecular weight is 462 g/mol. The fourth-order valence-corrected chi connectivity index (χ4v) is 5.12. The molecule has 0 radical (unpaired) electrons. The first-order valence-corrected chi connectivity index (χ1v) is 11.7. The lowest BCUT2D eigenvalue weighted by atomic mass is 9.91. The Hall–Kier alpha value is -3.28. The van der Waals surface area contributed by atoms with Crippen molar-refractivity contribution in [3.8, 4) is 27.8 Å². The van der Waals surface area contributed by atoms with E-state index in [-0.39, 0.29) is 11.9 Å². The van der Waals surface area contributed by atoms with E-state index in [0.29, 0.717) is 29.5 Å². The second-order valence-corrected chi connectivity index (χ2v) is 10.0. The Balaban J connectivity index is 1.68. The van der Waals surface area contributed by atoms with E-state index < -0.39 is 5.60 Å². The molecule has 2 N–H and O–H groups in total. The summed E-state index contributed by atoms with van der Waals surface area (Å²) in [5, 5.41) is 23.1. The lowest BCUT2D eigenvalue weighted by Crippen LogP contribution is -2.37. The van der Waals surface area contributed by atoms with Crippen molar-refractivity contribution in [1.82, 2.24) is 14.9 Å². The monoisotopic (exact) mass is 461 g/mol. The molecular weight excluding hydrogens is 434 g/mol. The van der Waals surface area contributed by atoms with E-state index in [1.54, 1.807) is 30.9 Å². The predicted molar refractivity (Wildman–Crippen MR) is 130 cm³/mol. The normalized spacial score (nSPS) is 16.0. The van der Waals surface area contributed by atoms with Crippen molar-refractivity contribution < 1.29 is 9.90 Å². The molecule has 1 aromatic carbocycles. The van der Waals surface area contributed by atoms with Gasteiger partial charge in [-0.25, -0.2) is 9.78 Å². The molecule has 1 aliphatic heterocycles. The van der Waals surface area contributed by atoms with E-state index in [1.165, 1.54) is 11.3 Å². The van der Waals surface area contributed by atoms with E-state index in [9.17, 15) is 15.2 Å². The SMILES string of the molecule is Cc1cc(-c2sc(NC(=O)N3CCC(C(C)(C)O)C3)nc2-c2cccc(C#N)c2)cc(C)n1. The summed E-state index contributed by atoms with van der Waals surface area (Å²) in [6, 6.07) is 13.3. The van der Waals surface area contributed by atoms with E-state index in [1.807, 2.05) is 38.1 Å². The van der Waals surface area contributed by atoms with Crippen LogP contribution in [0.15, 0.2) is 36.4 Å². The van der Waals surface area contributed by atoms with Gasteiger partial charge in [0.25, 0.3) is 0 Å². The van der Waals surface area contributed by atoms with Crippen LogP contribution in [0, 0.1) is 31.1 Å². The van der Waals surface area contributed by atoms with E-state index in [0.717, 1.165) is 33.8 Å². The summed E-state index contributed by atoms with van der Waals surface area (Å²) in [5.41, 5.74) is 4.03. The highest BCUT2D eigenvalue weighted by atomic mass is 32.1. The number of hydrogen-bond acceptors (Lipinski definition) is 6. The number of aliphatic hydroxyl groups is 1. The van der Waals surface area contributed by atoms with Gasteiger partial charge in [0.2, 0.25) is 0 Å². The number of carbonyl (C=O) groups is 1. The molecule has 1 saturated heterocycles. The second kappa shape index (κ2) is 8.93. The lowest BCUT2D eigenvalue weighted by Gasteiger charge is -2.25. The largest absolute Gasteiger partial charge is 0.390 e. The van der Waals surface area contributed by atoms with Gasteiger partial charge in [-0.15, -0.1) is 0 Å². The minimum Gasteiger partial charge on any atom is -0.390 e. The highest BCUT2D eigenvalue weighted by molar-refractivity contribution is 7.19. The molecule has 7 nitrogen and oxygen atoms in total. The van der Waals surface area contributed by atoms with Crippen LogP contribution in [0.4, 0.5) is 9.93 Å². The molecule has 1 atom stereocenters. The van der Waals surface area contributed by atoms with E-state index in [4.69, 9.17) is 4.98 Å². The van der Waals surface area contributed by atoms with Gasteiger partial charge in [-0.3, -0.25) is 10.3 Å². The third-order valence-electron chi connectivity index (χ3n) is 5.92. The van der Waals surface area contributed by atoms with Gasteiger partial charge in [-0.1, -0.05) is 23.5 Å². The summed E-state index contributed by atoms with van der Waals surface area (Å²) < 4.78 is 0. The number of benzene rings is 1. The molecule has 4 rings (SSSR count). The molecule has 33 heavy (non-hydrogen) atoms. The number of aryl methyl sites for hydroxylation is 2. The summed E-state index contributed by atoms with van der Waals surface area (Å²) in [6.07, 6.45) is 0.766. The smallest absolute Gasteiger partial charge is 0.323 e. The fourth-order valence-electron chi connectivity index (χ4n) is 4.16. The molecule has 3 aromatic rings. The van der Waals surface area contributed by atoms with E-state index >= 15 is 0 Å². The van der Waals surface area contributed by atoms with Crippen LogP contribution < -0.4 is 5.32 Å². The standard InChI is InChI=1S/C25H27N5O2S/c1-15-10-19(11-16(2)27-15)22-21(18-7-5-6-17(12-18)13-26)28-23(33-22)29-24(31)30-9-8-20(14-30)25(3,4)32/h5-7,10-12,20,32H,8-9,14H2,1-4H3,(H,28,29,31). The first-order chi connectivity index (χ1) is 15.6. The number of urea groups is 1. The Kier molecular flexibility index (Phi) is 6.19. The second-order valence-electron chi connectivity index (χ2n) is 9.04. The maximum absolute atomic E-state index is 12.9. The number of amides is 2. The maximum atomic E-state index is 12.9. The van der Waals surface area contributed by atoms with Gasteiger partial charge in [-0.2, -0.15) is 5.26 Å². The van der Waals surface area contributed by atoms with Gasteiger partial charge in [0.15, 0.2) is 5.13 Å². The van der Waals surface area contributed by atoms with Crippen molar-refractivity contribution in [3.63, 3.8) is 0 Å². The molecule has 0 bridgehead atoms. The van der Waals surface area contributed by atoms with Gasteiger partial charge >= 0.3 is 6.03 Å². The number of thiazole rings is 1. The Morgan fingerprint density at radius 3 is 2.58 bits per heavy atom. The zero-order valence-electron chi connectivity index (χ0n) is 19.2. The van der Waals surface area contributed by atoms with Crippen molar-refractivity contribution in [2.45, 2.75) is 39.7 Å². The number of nitrogens with zero attached hydrogens (tertiary/aromatic N) is 4. The number of rotatable bonds is 4. The Bertz CT molecular complexity index is 1220. The fraction of sp³-hybridized carbons (Fsp3) is 0.360. The summed E-state index contributed by atoms with van der Waals surface area (Å²) in [7, 11) is 0. The van der Waals surface area contributed by atoms with Crippen LogP contribution in [0.25, 0.3) is 21.7 Å². The Labute approximate surface area is 197 Å². The molecule has 170 valence electrons. The van der Waals surface area contributed by atoms with E-state index in [2.05, 4.69) is 16.4 Å². The molecule has 0 spiro atoms. The van der Waals surface area contributed by atoms with Crippen LogP contribution in [0.5, 0.6) is 0 Å². The molecule has 2 aromatic heterocycles. The molecule has 0 aliphatic carbocycles. The molecule has 1 aliphatic rings. The third kappa shape index (κ3) is 5.05. The topological polar surface area (TPSA) is 102 Å². The molecule has 1 fully saturated rings. The Morgan fingerprint density at radius 2 is 1.94 bits per heavy atom. The number of nitriles is 1. The van der Waals surface area contributed by atoms with Crippen LogP contribution in [-0.4, -0.2) is 44.7 Å². The van der Waals surface area contributed by atoms with Gasteiger partial charge < -0.3 is 10.0 Å². The molecule has 2 amide bonds. The molecule has 3 heterocycles. The molecule has 0 saturated carbocycles. The minimum absolute atomic E-state index is 0.0437. The zero-order valence-corrected chi connectivity index (χ0v) is 20.0. The van der Waals surface area contributed by atoms with Crippen LogP contribution in [0.1, 0.15) is 37.2 Å². The molecular formula is C25H27N5O2S. The summed E-state index contributed by atoms with van der Waals surface area (Å²) in [4.78, 5) is 24.8. The van der Waals surface area contributed by atoms with Crippen LogP contribution >= 0.6 is 11.3 Å². The highest BCUT2D eigenvalue weighted by Crippen LogP contribution is 2.40. The molecule has 8 heteroatoms. The van der Waals surface area contributed by atoms with Crippen molar-refractivity contribution in [2.24, 2.45) is 5.92 Å². The number of hydrogen-bond donors (Lipinski definition) is 2. The van der Waals surface area contributed by atoms with Crippen molar-refractivity contribution in [3.05, 3.63) is 53.3 Å². The summed E-state index contributed by atoms with van der Waals surface area (Å²) >= 11 is 1.40. The number of nitrogens with one attached hydrogen (secondary N) is 1. The van der Waals surface area contributed by atoms with Gasteiger partial charge in [0.1, 0.15) is 0 Å². The predicted octanol–water partition coefficient (Wildman–Crippen LogP) is 4.99. The average Bonchev–Trinajstić information content (AvgIpc) is 3.41. The highest BCUT2D eigenvalue weighted by Gasteiger charge is 2.35. The van der Waals surface area contributed by atoms with Gasteiger partial charge in [0.05, 0.1) is 27.8 Å². The summed E-state index contributed by atoms with van der Waals surface area (Å²) in [5.74, 6) is 0.0437. The minimum atomic E-state index is -0.820. The van der Waals surface area contributed by atoms with Gasteiger partial charge in [-0.05, 0) is 63.9 Å². The first kappa shape index (κ1) is 22.9. The third-order valence-corrected chi connectivity index (χ3v) is 6.94. The number of likely N-dealkylation sites (tertiary alicyclic amines) is 1.